The third-order valence-electron chi connectivity index (χ3n) is 4.18. The number of carbonyl (C=O) groups is 1. The zero-order valence-corrected chi connectivity index (χ0v) is 11.9. The minimum absolute atomic E-state index is 0.0415. The van der Waals surface area contributed by atoms with Crippen LogP contribution in [0.4, 0.5) is 5.82 Å². The number of aryl methyl sites for hydroxylation is 1. The molecule has 2 aliphatic heterocycles. The Bertz CT molecular complexity index is 516. The van der Waals surface area contributed by atoms with Gasteiger partial charge in [-0.05, 0) is 31.2 Å². The van der Waals surface area contributed by atoms with Crippen molar-refractivity contribution in [3.63, 3.8) is 0 Å². The van der Waals surface area contributed by atoms with Crippen molar-refractivity contribution in [1.82, 2.24) is 10.3 Å². The Morgan fingerprint density at radius 2 is 2.00 bits per heavy atom. The highest BCUT2D eigenvalue weighted by atomic mass is 16.1. The first-order chi connectivity index (χ1) is 9.04. The lowest BCUT2D eigenvalue weighted by atomic mass is 9.92. The van der Waals surface area contributed by atoms with E-state index in [1.807, 2.05) is 13.0 Å². The summed E-state index contributed by atoms with van der Waals surface area (Å²) in [5, 5.41) is 2.88. The van der Waals surface area contributed by atoms with Gasteiger partial charge in [-0.15, -0.1) is 0 Å². The minimum Gasteiger partial charge on any atom is -0.356 e. The number of fused-ring (bicyclic) bond motifs is 1. The van der Waals surface area contributed by atoms with Crippen molar-refractivity contribution >= 4 is 11.7 Å². The molecule has 1 fully saturated rings. The molecular formula is C15H21N3O. The van der Waals surface area contributed by atoms with Crippen molar-refractivity contribution in [2.75, 3.05) is 18.0 Å². The van der Waals surface area contributed by atoms with E-state index in [4.69, 9.17) is 4.98 Å². The Balaban J connectivity index is 1.95. The number of nitrogens with zero attached hydrogens (tertiary/aromatic N) is 2. The van der Waals surface area contributed by atoms with Gasteiger partial charge in [0.25, 0.3) is 5.91 Å². The predicted molar refractivity (Wildman–Crippen MR) is 75.3 cm³/mol. The minimum atomic E-state index is 0.0415. The fourth-order valence-corrected chi connectivity index (χ4v) is 3.38. The van der Waals surface area contributed by atoms with Gasteiger partial charge < -0.3 is 10.2 Å². The van der Waals surface area contributed by atoms with E-state index in [9.17, 15) is 4.79 Å². The van der Waals surface area contributed by atoms with E-state index >= 15 is 0 Å². The summed E-state index contributed by atoms with van der Waals surface area (Å²) in [7, 11) is 0. The summed E-state index contributed by atoms with van der Waals surface area (Å²) in [6.45, 7) is 9.28. The Hall–Kier alpha value is -1.58. The first-order valence-electron chi connectivity index (χ1n) is 7.08. The average molecular weight is 259 g/mol. The third kappa shape index (κ3) is 2.20. The van der Waals surface area contributed by atoms with Gasteiger partial charge in [-0.3, -0.25) is 4.79 Å². The lowest BCUT2D eigenvalue weighted by molar-refractivity contribution is 0.0965. The number of carbonyl (C=O) groups excluding carboxylic acids is 1. The molecule has 1 saturated heterocycles. The Labute approximate surface area is 114 Å². The van der Waals surface area contributed by atoms with Crippen LogP contribution in [0.15, 0.2) is 6.07 Å². The van der Waals surface area contributed by atoms with Crippen molar-refractivity contribution in [2.45, 2.75) is 33.7 Å². The summed E-state index contributed by atoms with van der Waals surface area (Å²) in [5.74, 6) is 2.38. The summed E-state index contributed by atoms with van der Waals surface area (Å²) in [6.07, 6.45) is 1.28. The Morgan fingerprint density at radius 3 is 2.68 bits per heavy atom. The molecule has 4 nitrogen and oxygen atoms in total. The normalized spacial score (nSPS) is 26.3. The highest BCUT2D eigenvalue weighted by Crippen LogP contribution is 2.28. The highest BCUT2D eigenvalue weighted by Gasteiger charge is 2.27. The molecule has 0 saturated carbocycles. The van der Waals surface area contributed by atoms with Crippen LogP contribution in [0.25, 0.3) is 0 Å². The Morgan fingerprint density at radius 1 is 1.32 bits per heavy atom. The van der Waals surface area contributed by atoms with Crippen LogP contribution in [0.5, 0.6) is 0 Å². The standard InChI is InChI=1S/C15H21N3O/c1-9-4-10(2)8-18(7-9)14-5-12-13(11(3)17-14)6-16-15(12)19/h5,9-10H,4,6-8H2,1-3H3,(H,16,19). The maximum atomic E-state index is 11.8. The zero-order valence-electron chi connectivity index (χ0n) is 11.9. The van der Waals surface area contributed by atoms with Crippen molar-refractivity contribution in [1.29, 1.82) is 0 Å². The van der Waals surface area contributed by atoms with Crippen LogP contribution in [0.3, 0.4) is 0 Å². The smallest absolute Gasteiger partial charge is 0.252 e. The maximum Gasteiger partial charge on any atom is 0.252 e. The number of rotatable bonds is 1. The molecule has 3 rings (SSSR count). The summed E-state index contributed by atoms with van der Waals surface area (Å²) in [5.41, 5.74) is 2.86. The molecule has 19 heavy (non-hydrogen) atoms. The topological polar surface area (TPSA) is 45.2 Å². The van der Waals surface area contributed by atoms with Gasteiger partial charge in [0.2, 0.25) is 0 Å². The van der Waals surface area contributed by atoms with Crippen LogP contribution in [0.1, 0.15) is 41.9 Å². The lowest BCUT2D eigenvalue weighted by Gasteiger charge is -2.36. The molecule has 0 radical (unpaired) electrons. The number of hydrogen-bond donors (Lipinski definition) is 1. The summed E-state index contributed by atoms with van der Waals surface area (Å²) in [4.78, 5) is 18.9. The van der Waals surface area contributed by atoms with Crippen molar-refractivity contribution < 1.29 is 4.79 Å². The number of nitrogens with one attached hydrogen (secondary N) is 1. The molecule has 2 aliphatic rings. The lowest BCUT2D eigenvalue weighted by Crippen LogP contribution is -2.39. The van der Waals surface area contributed by atoms with E-state index in [2.05, 4.69) is 24.1 Å². The van der Waals surface area contributed by atoms with Gasteiger partial charge in [0.05, 0.1) is 0 Å². The van der Waals surface area contributed by atoms with E-state index in [1.54, 1.807) is 0 Å². The zero-order chi connectivity index (χ0) is 13.6. The monoisotopic (exact) mass is 259 g/mol. The van der Waals surface area contributed by atoms with Gasteiger partial charge >= 0.3 is 0 Å². The maximum absolute atomic E-state index is 11.8. The van der Waals surface area contributed by atoms with Crippen LogP contribution >= 0.6 is 0 Å². The van der Waals surface area contributed by atoms with Crippen molar-refractivity contribution in [2.24, 2.45) is 11.8 Å². The third-order valence-corrected chi connectivity index (χ3v) is 4.18. The van der Waals surface area contributed by atoms with Crippen LogP contribution in [0, 0.1) is 18.8 Å². The van der Waals surface area contributed by atoms with Crippen LogP contribution in [-0.4, -0.2) is 24.0 Å². The van der Waals surface area contributed by atoms with Crippen LogP contribution in [0.2, 0.25) is 0 Å². The number of amides is 1. The second-order valence-electron chi connectivity index (χ2n) is 6.13. The molecule has 1 N–H and O–H groups in total. The fraction of sp³-hybridized carbons (Fsp3) is 0.600. The number of hydrogen-bond acceptors (Lipinski definition) is 3. The Kier molecular flexibility index (Phi) is 2.96. The first kappa shape index (κ1) is 12.5. The average Bonchev–Trinajstić information content (AvgIpc) is 2.70. The van der Waals surface area contributed by atoms with Gasteiger partial charge in [0, 0.05) is 36.5 Å². The molecule has 1 aromatic rings. The molecule has 2 unspecified atom stereocenters. The van der Waals surface area contributed by atoms with Gasteiger partial charge in [-0.1, -0.05) is 13.8 Å². The number of pyridine rings is 1. The molecule has 3 heterocycles. The summed E-state index contributed by atoms with van der Waals surface area (Å²) >= 11 is 0. The largest absolute Gasteiger partial charge is 0.356 e. The molecule has 2 atom stereocenters. The fourth-order valence-electron chi connectivity index (χ4n) is 3.38. The van der Waals surface area contributed by atoms with E-state index in [0.717, 1.165) is 35.7 Å². The first-order valence-corrected chi connectivity index (χ1v) is 7.08. The molecule has 1 aromatic heterocycles. The SMILES string of the molecule is Cc1nc(N2CC(C)CC(C)C2)cc2c1CNC2=O. The molecule has 102 valence electrons. The number of anilines is 1. The van der Waals surface area contributed by atoms with Gasteiger partial charge in [0.15, 0.2) is 0 Å². The van der Waals surface area contributed by atoms with Crippen LogP contribution < -0.4 is 10.2 Å². The molecule has 0 aliphatic carbocycles. The molecule has 4 heteroatoms. The van der Waals surface area contributed by atoms with Gasteiger partial charge in [-0.25, -0.2) is 4.98 Å². The number of piperidine rings is 1. The molecule has 0 spiro atoms. The molecule has 0 aromatic carbocycles. The quantitative estimate of drug-likeness (QED) is 0.840. The highest BCUT2D eigenvalue weighted by molar-refractivity contribution is 5.99. The second-order valence-corrected chi connectivity index (χ2v) is 6.13. The summed E-state index contributed by atoms with van der Waals surface area (Å²) in [6, 6.07) is 1.97. The van der Waals surface area contributed by atoms with E-state index in [1.165, 1.54) is 6.42 Å². The van der Waals surface area contributed by atoms with E-state index in [0.29, 0.717) is 18.4 Å². The van der Waals surface area contributed by atoms with Crippen molar-refractivity contribution in [3.8, 4) is 0 Å². The molecule has 0 bridgehead atoms. The van der Waals surface area contributed by atoms with E-state index < -0.39 is 0 Å². The van der Waals surface area contributed by atoms with Crippen molar-refractivity contribution in [3.05, 3.63) is 22.9 Å². The van der Waals surface area contributed by atoms with Gasteiger partial charge in [-0.2, -0.15) is 0 Å². The molecule has 1 amide bonds. The van der Waals surface area contributed by atoms with Gasteiger partial charge in [0.1, 0.15) is 5.82 Å². The van der Waals surface area contributed by atoms with E-state index in [-0.39, 0.29) is 5.91 Å². The molecular weight excluding hydrogens is 238 g/mol. The predicted octanol–water partition coefficient (Wildman–Crippen LogP) is 2.12. The van der Waals surface area contributed by atoms with Crippen LogP contribution in [-0.2, 0) is 6.54 Å². The summed E-state index contributed by atoms with van der Waals surface area (Å²) < 4.78 is 0. The number of aromatic nitrogens is 1. The second kappa shape index (κ2) is 4.51.